The molecule has 3 aromatic rings. The van der Waals surface area contributed by atoms with E-state index in [4.69, 9.17) is 12.2 Å². The summed E-state index contributed by atoms with van der Waals surface area (Å²) in [5, 5.41) is 5.25. The number of carbonyl (C=O) groups excluding carboxylic acids is 1. The van der Waals surface area contributed by atoms with Crippen LogP contribution in [0.15, 0.2) is 41.8 Å². The summed E-state index contributed by atoms with van der Waals surface area (Å²) in [5.41, 5.74) is 0.515. The van der Waals surface area contributed by atoms with Crippen LogP contribution >= 0.6 is 23.6 Å². The summed E-state index contributed by atoms with van der Waals surface area (Å²) in [4.78, 5) is 22.0. The zero-order valence-electron chi connectivity index (χ0n) is 14.5. The van der Waals surface area contributed by atoms with Crippen molar-refractivity contribution in [1.82, 2.24) is 24.6 Å². The van der Waals surface area contributed by atoms with Gasteiger partial charge in [-0.15, -0.1) is 11.3 Å². The van der Waals surface area contributed by atoms with Crippen molar-refractivity contribution >= 4 is 29.5 Å². The van der Waals surface area contributed by atoms with Gasteiger partial charge in [0.1, 0.15) is 5.82 Å². The van der Waals surface area contributed by atoms with E-state index in [1.807, 2.05) is 22.2 Å². The van der Waals surface area contributed by atoms with Crippen molar-refractivity contribution in [3.63, 3.8) is 0 Å². The molecule has 0 saturated carbocycles. The number of aromatic amines is 1. The van der Waals surface area contributed by atoms with E-state index in [2.05, 4.69) is 15.0 Å². The highest BCUT2D eigenvalue weighted by Gasteiger charge is 2.22. The van der Waals surface area contributed by atoms with Crippen molar-refractivity contribution in [2.24, 2.45) is 0 Å². The van der Waals surface area contributed by atoms with Crippen molar-refractivity contribution in [2.45, 2.75) is 6.67 Å². The second-order valence-corrected chi connectivity index (χ2v) is 7.63. The Bertz CT molecular complexity index is 972. The van der Waals surface area contributed by atoms with Crippen LogP contribution in [-0.4, -0.2) is 56.7 Å². The molecule has 1 aromatic carbocycles. The topological polar surface area (TPSA) is 57.2 Å². The van der Waals surface area contributed by atoms with Gasteiger partial charge < -0.3 is 4.90 Å². The number of nitrogens with zero attached hydrogens (tertiary/aromatic N) is 4. The van der Waals surface area contributed by atoms with Gasteiger partial charge in [-0.2, -0.15) is 4.98 Å². The Morgan fingerprint density at radius 3 is 2.59 bits per heavy atom. The Morgan fingerprint density at radius 2 is 1.93 bits per heavy atom. The molecule has 1 aliphatic heterocycles. The summed E-state index contributed by atoms with van der Waals surface area (Å²) in [6, 6.07) is 9.67. The van der Waals surface area contributed by atoms with Crippen LogP contribution in [0.4, 0.5) is 4.39 Å². The van der Waals surface area contributed by atoms with Crippen molar-refractivity contribution in [1.29, 1.82) is 0 Å². The highest BCUT2D eigenvalue weighted by Crippen LogP contribution is 2.20. The molecule has 2 aromatic heterocycles. The molecule has 0 radical (unpaired) electrons. The first-order valence-electron chi connectivity index (χ1n) is 8.58. The first kappa shape index (κ1) is 18.0. The number of piperazine rings is 1. The second kappa shape index (κ2) is 7.71. The van der Waals surface area contributed by atoms with Crippen LogP contribution < -0.4 is 0 Å². The van der Waals surface area contributed by atoms with Crippen LogP contribution in [0.1, 0.15) is 10.4 Å². The summed E-state index contributed by atoms with van der Waals surface area (Å²) in [5.74, 6) is 0.377. The predicted octanol–water partition coefficient (Wildman–Crippen LogP) is 3.22. The van der Waals surface area contributed by atoms with Crippen LogP contribution in [0, 0.1) is 10.6 Å². The largest absolute Gasteiger partial charge is 0.336 e. The van der Waals surface area contributed by atoms with E-state index in [9.17, 15) is 9.18 Å². The molecule has 1 N–H and O–H groups in total. The lowest BCUT2D eigenvalue weighted by molar-refractivity contribution is 0.0585. The van der Waals surface area contributed by atoms with Gasteiger partial charge >= 0.3 is 0 Å². The SMILES string of the molecule is O=C(c1ccc(F)cc1)N1CCN(Cn2[nH]c(-c3cccs3)nc2=S)CC1. The Morgan fingerprint density at radius 1 is 1.19 bits per heavy atom. The predicted molar refractivity (Wildman–Crippen MR) is 105 cm³/mol. The van der Waals surface area contributed by atoms with Crippen LogP contribution in [0.5, 0.6) is 0 Å². The quantitative estimate of drug-likeness (QED) is 0.680. The molecule has 0 atom stereocenters. The molecule has 1 amide bonds. The molecular formula is C18H18FN5OS2. The van der Waals surface area contributed by atoms with E-state index < -0.39 is 0 Å². The number of hydrogen-bond donors (Lipinski definition) is 1. The summed E-state index contributed by atoms with van der Waals surface area (Å²) in [7, 11) is 0. The minimum Gasteiger partial charge on any atom is -0.336 e. The van der Waals surface area contributed by atoms with Crippen molar-refractivity contribution in [3.8, 4) is 10.7 Å². The maximum Gasteiger partial charge on any atom is 0.253 e. The number of carbonyl (C=O) groups is 1. The highest BCUT2D eigenvalue weighted by atomic mass is 32.1. The molecule has 27 heavy (non-hydrogen) atoms. The Balaban J connectivity index is 1.36. The van der Waals surface area contributed by atoms with Gasteiger partial charge in [-0.1, -0.05) is 6.07 Å². The molecule has 4 rings (SSSR count). The lowest BCUT2D eigenvalue weighted by Gasteiger charge is -2.34. The molecule has 1 saturated heterocycles. The molecule has 0 spiro atoms. The van der Waals surface area contributed by atoms with Crippen molar-refractivity contribution < 1.29 is 9.18 Å². The second-order valence-electron chi connectivity index (χ2n) is 6.32. The normalized spacial score (nSPS) is 15.2. The fraction of sp³-hybridized carbons (Fsp3) is 0.278. The van der Waals surface area contributed by atoms with E-state index in [-0.39, 0.29) is 11.7 Å². The van der Waals surface area contributed by atoms with Crippen LogP contribution in [0.25, 0.3) is 10.7 Å². The van der Waals surface area contributed by atoms with Crippen molar-refractivity contribution in [2.75, 3.05) is 26.2 Å². The maximum absolute atomic E-state index is 13.0. The lowest BCUT2D eigenvalue weighted by atomic mass is 10.2. The standard InChI is InChI=1S/C18H18FN5OS2/c19-14-5-3-13(4-6-14)17(25)23-9-7-22(8-10-23)12-24-18(26)20-16(21-24)15-2-1-11-27-15/h1-6,11H,7-10,12H2,(H,20,21,26). The summed E-state index contributed by atoms with van der Waals surface area (Å²) < 4.78 is 15.4. The molecule has 1 aliphatic rings. The van der Waals surface area contributed by atoms with Gasteiger partial charge in [0.2, 0.25) is 4.77 Å². The average molecular weight is 404 g/mol. The fourth-order valence-corrected chi connectivity index (χ4v) is 3.90. The molecule has 9 heteroatoms. The number of nitrogens with one attached hydrogen (secondary N) is 1. The van der Waals surface area contributed by atoms with Crippen LogP contribution in [-0.2, 0) is 6.67 Å². The average Bonchev–Trinajstić information content (AvgIpc) is 3.33. The monoisotopic (exact) mass is 403 g/mol. The number of benzene rings is 1. The number of rotatable bonds is 4. The van der Waals surface area contributed by atoms with Gasteiger partial charge in [-0.05, 0) is 47.9 Å². The van der Waals surface area contributed by atoms with E-state index in [1.54, 1.807) is 16.2 Å². The molecule has 6 nitrogen and oxygen atoms in total. The van der Waals surface area contributed by atoms with E-state index in [0.29, 0.717) is 30.1 Å². The molecular weight excluding hydrogens is 385 g/mol. The molecule has 140 valence electrons. The van der Waals surface area contributed by atoms with Gasteiger partial charge in [-0.3, -0.25) is 14.8 Å². The number of halogens is 1. The number of thiophene rings is 1. The summed E-state index contributed by atoms with van der Waals surface area (Å²) in [6.07, 6.45) is 0. The third kappa shape index (κ3) is 4.00. The van der Waals surface area contributed by atoms with Gasteiger partial charge in [0, 0.05) is 31.7 Å². The van der Waals surface area contributed by atoms with Crippen LogP contribution in [0.2, 0.25) is 0 Å². The highest BCUT2D eigenvalue weighted by molar-refractivity contribution is 7.71. The fourth-order valence-electron chi connectivity index (χ4n) is 3.04. The Labute approximate surface area is 164 Å². The van der Waals surface area contributed by atoms with Gasteiger partial charge in [-0.25, -0.2) is 9.07 Å². The molecule has 0 aliphatic carbocycles. The smallest absolute Gasteiger partial charge is 0.253 e. The van der Waals surface area contributed by atoms with E-state index >= 15 is 0 Å². The first-order valence-corrected chi connectivity index (χ1v) is 9.87. The summed E-state index contributed by atoms with van der Waals surface area (Å²) >= 11 is 6.97. The van der Waals surface area contributed by atoms with Gasteiger partial charge in [0.15, 0.2) is 5.82 Å². The number of amides is 1. The Kier molecular flexibility index (Phi) is 5.15. The molecule has 0 unspecified atom stereocenters. The lowest BCUT2D eigenvalue weighted by Crippen LogP contribution is -2.49. The number of hydrogen-bond acceptors (Lipinski definition) is 5. The number of H-pyrrole nitrogens is 1. The number of aromatic nitrogens is 3. The first-order chi connectivity index (χ1) is 13.1. The van der Waals surface area contributed by atoms with E-state index in [1.165, 1.54) is 24.3 Å². The molecule has 0 bridgehead atoms. The third-order valence-electron chi connectivity index (χ3n) is 4.53. The Hall–Kier alpha value is -2.36. The van der Waals surface area contributed by atoms with Crippen LogP contribution in [0.3, 0.4) is 0 Å². The maximum atomic E-state index is 13.0. The zero-order valence-corrected chi connectivity index (χ0v) is 16.1. The van der Waals surface area contributed by atoms with Gasteiger partial charge in [0.25, 0.3) is 5.91 Å². The van der Waals surface area contributed by atoms with Crippen molar-refractivity contribution in [3.05, 3.63) is 57.9 Å². The minimum absolute atomic E-state index is 0.0622. The third-order valence-corrected chi connectivity index (χ3v) is 5.71. The van der Waals surface area contributed by atoms with E-state index in [0.717, 1.165) is 23.8 Å². The zero-order chi connectivity index (χ0) is 18.8. The summed E-state index contributed by atoms with van der Waals surface area (Å²) in [6.45, 7) is 3.32. The molecule has 1 fully saturated rings. The minimum atomic E-state index is -0.338. The molecule has 3 heterocycles. The van der Waals surface area contributed by atoms with Gasteiger partial charge in [0.05, 0.1) is 11.5 Å².